The van der Waals surface area contributed by atoms with E-state index in [0.717, 1.165) is 18.4 Å². The number of nitrogens with zero attached hydrogens (tertiary/aromatic N) is 2. The van der Waals surface area contributed by atoms with Crippen LogP contribution in [-0.2, 0) is 4.79 Å². The number of nitriles is 1. The van der Waals surface area contributed by atoms with Crippen molar-refractivity contribution in [3.63, 3.8) is 0 Å². The van der Waals surface area contributed by atoms with Crippen LogP contribution in [-0.4, -0.2) is 34.1 Å². The molecule has 21 heavy (non-hydrogen) atoms. The lowest BCUT2D eigenvalue weighted by Gasteiger charge is -2.33. The summed E-state index contributed by atoms with van der Waals surface area (Å²) < 4.78 is 0. The number of carbonyl (C=O) groups is 1. The minimum Gasteiger partial charge on any atom is -0.388 e. The largest absolute Gasteiger partial charge is 0.388 e. The zero-order valence-electron chi connectivity index (χ0n) is 12.4. The monoisotopic (exact) mass is 284 g/mol. The van der Waals surface area contributed by atoms with Gasteiger partial charge in [0, 0.05) is 12.6 Å². The van der Waals surface area contributed by atoms with Crippen molar-refractivity contribution in [2.45, 2.75) is 38.3 Å². The molecule has 110 valence electrons. The SMILES string of the molecule is CC(C)(O)C1CCCN1C(=O)/C=C/c1cccc(C#N)c1. The van der Waals surface area contributed by atoms with E-state index >= 15 is 0 Å². The molecular weight excluding hydrogens is 264 g/mol. The van der Waals surface area contributed by atoms with Gasteiger partial charge < -0.3 is 10.0 Å². The summed E-state index contributed by atoms with van der Waals surface area (Å²) in [7, 11) is 0. The minimum atomic E-state index is -0.888. The predicted octanol–water partition coefficient (Wildman–Crippen LogP) is 2.33. The number of aliphatic hydroxyl groups is 1. The minimum absolute atomic E-state index is 0.0954. The lowest BCUT2D eigenvalue weighted by atomic mass is 9.96. The van der Waals surface area contributed by atoms with E-state index in [-0.39, 0.29) is 11.9 Å². The van der Waals surface area contributed by atoms with E-state index in [1.807, 2.05) is 6.07 Å². The second-order valence-electron chi connectivity index (χ2n) is 5.91. The third-order valence-electron chi connectivity index (χ3n) is 3.79. The van der Waals surface area contributed by atoms with E-state index < -0.39 is 5.60 Å². The van der Waals surface area contributed by atoms with Crippen LogP contribution < -0.4 is 0 Å². The van der Waals surface area contributed by atoms with Crippen LogP contribution in [0.25, 0.3) is 6.08 Å². The number of likely N-dealkylation sites (tertiary alicyclic amines) is 1. The lowest BCUT2D eigenvalue weighted by Crippen LogP contribution is -2.47. The van der Waals surface area contributed by atoms with Crippen molar-refractivity contribution in [1.82, 2.24) is 4.90 Å². The number of hydrogen-bond acceptors (Lipinski definition) is 3. The molecule has 4 heteroatoms. The Hall–Kier alpha value is -2.12. The molecule has 1 aliphatic rings. The summed E-state index contributed by atoms with van der Waals surface area (Å²) in [5.74, 6) is -0.0954. The normalized spacial score (nSPS) is 19.0. The molecule has 1 unspecified atom stereocenters. The molecular formula is C17H20N2O2. The smallest absolute Gasteiger partial charge is 0.246 e. The maximum atomic E-state index is 12.3. The van der Waals surface area contributed by atoms with Crippen molar-refractivity contribution < 1.29 is 9.90 Å². The van der Waals surface area contributed by atoms with Crippen LogP contribution in [0.3, 0.4) is 0 Å². The zero-order chi connectivity index (χ0) is 15.5. The number of rotatable bonds is 3. The molecule has 2 rings (SSSR count). The lowest BCUT2D eigenvalue weighted by molar-refractivity contribution is -0.131. The fraction of sp³-hybridized carbons (Fsp3) is 0.412. The first-order chi connectivity index (χ1) is 9.91. The third-order valence-corrected chi connectivity index (χ3v) is 3.79. The van der Waals surface area contributed by atoms with Crippen LogP contribution in [0, 0.1) is 11.3 Å². The third kappa shape index (κ3) is 3.71. The topological polar surface area (TPSA) is 64.3 Å². The fourth-order valence-corrected chi connectivity index (χ4v) is 2.74. The van der Waals surface area contributed by atoms with Crippen LogP contribution in [0.1, 0.15) is 37.8 Å². The first-order valence-corrected chi connectivity index (χ1v) is 7.13. The van der Waals surface area contributed by atoms with E-state index in [9.17, 15) is 9.90 Å². The van der Waals surface area contributed by atoms with Gasteiger partial charge in [0.05, 0.1) is 23.3 Å². The van der Waals surface area contributed by atoms with Crippen molar-refractivity contribution in [1.29, 1.82) is 5.26 Å². The van der Waals surface area contributed by atoms with Gasteiger partial charge in [0.25, 0.3) is 0 Å². The molecule has 0 aromatic heterocycles. The van der Waals surface area contributed by atoms with Crippen molar-refractivity contribution in [3.8, 4) is 6.07 Å². The molecule has 1 aromatic carbocycles. The van der Waals surface area contributed by atoms with Crippen LogP contribution in [0.15, 0.2) is 30.3 Å². The van der Waals surface area contributed by atoms with Gasteiger partial charge in [0.15, 0.2) is 0 Å². The summed E-state index contributed by atoms with van der Waals surface area (Å²) in [5, 5.41) is 19.0. The summed E-state index contributed by atoms with van der Waals surface area (Å²) in [6.45, 7) is 4.16. The standard InChI is InChI=1S/C17H20N2O2/c1-17(2,21)15-7-4-10-19(15)16(20)9-8-13-5-3-6-14(11-13)12-18/h3,5-6,8-9,11,15,21H,4,7,10H2,1-2H3/b9-8+. The number of carbonyl (C=O) groups excluding carboxylic acids is 1. The predicted molar refractivity (Wildman–Crippen MR) is 81.2 cm³/mol. The van der Waals surface area contributed by atoms with E-state index in [0.29, 0.717) is 12.1 Å². The van der Waals surface area contributed by atoms with Crippen molar-refractivity contribution in [2.75, 3.05) is 6.54 Å². The molecule has 0 aliphatic carbocycles. The Morgan fingerprint density at radius 3 is 2.95 bits per heavy atom. The van der Waals surface area contributed by atoms with E-state index in [4.69, 9.17) is 5.26 Å². The fourth-order valence-electron chi connectivity index (χ4n) is 2.74. The molecule has 1 fully saturated rings. The van der Waals surface area contributed by atoms with Gasteiger partial charge in [-0.2, -0.15) is 5.26 Å². The highest BCUT2D eigenvalue weighted by atomic mass is 16.3. The molecule has 1 aliphatic heterocycles. The number of hydrogen-bond donors (Lipinski definition) is 1. The first-order valence-electron chi connectivity index (χ1n) is 7.13. The van der Waals surface area contributed by atoms with E-state index in [1.165, 1.54) is 6.08 Å². The summed E-state index contributed by atoms with van der Waals surface area (Å²) >= 11 is 0. The maximum Gasteiger partial charge on any atom is 0.246 e. The van der Waals surface area contributed by atoms with Crippen molar-refractivity contribution in [3.05, 3.63) is 41.5 Å². The molecule has 1 N–H and O–H groups in total. The number of benzene rings is 1. The van der Waals surface area contributed by atoms with E-state index in [1.54, 1.807) is 43.0 Å². The average Bonchev–Trinajstić information content (AvgIpc) is 2.94. The summed E-state index contributed by atoms with van der Waals surface area (Å²) in [5.41, 5.74) is 0.502. The quantitative estimate of drug-likeness (QED) is 0.866. The second kappa shape index (κ2) is 6.11. The molecule has 1 amide bonds. The Morgan fingerprint density at radius 1 is 1.52 bits per heavy atom. The Labute approximate surface area is 125 Å². The summed E-state index contributed by atoms with van der Waals surface area (Å²) in [6, 6.07) is 9.04. The highest BCUT2D eigenvalue weighted by Gasteiger charge is 2.37. The van der Waals surface area contributed by atoms with Crippen LogP contribution in [0.5, 0.6) is 0 Å². The Balaban J connectivity index is 2.10. The number of amides is 1. The maximum absolute atomic E-state index is 12.3. The van der Waals surface area contributed by atoms with Crippen molar-refractivity contribution in [2.24, 2.45) is 0 Å². The van der Waals surface area contributed by atoms with Gasteiger partial charge in [-0.3, -0.25) is 4.79 Å². The van der Waals surface area contributed by atoms with Crippen LogP contribution in [0.2, 0.25) is 0 Å². The van der Waals surface area contributed by atoms with Gasteiger partial charge in [-0.15, -0.1) is 0 Å². The molecule has 0 saturated carbocycles. The van der Waals surface area contributed by atoms with Gasteiger partial charge in [-0.25, -0.2) is 0 Å². The van der Waals surface area contributed by atoms with Crippen molar-refractivity contribution >= 4 is 12.0 Å². The molecule has 1 atom stereocenters. The Kier molecular flexibility index (Phi) is 4.44. The average molecular weight is 284 g/mol. The zero-order valence-corrected chi connectivity index (χ0v) is 12.4. The van der Waals surface area contributed by atoms with Gasteiger partial charge in [-0.05, 0) is 50.5 Å². The molecule has 1 heterocycles. The molecule has 0 radical (unpaired) electrons. The Bertz CT molecular complexity index is 594. The summed E-state index contributed by atoms with van der Waals surface area (Å²) in [6.07, 6.45) is 4.97. The Morgan fingerprint density at radius 2 is 2.29 bits per heavy atom. The second-order valence-corrected chi connectivity index (χ2v) is 5.91. The molecule has 4 nitrogen and oxygen atoms in total. The highest BCUT2D eigenvalue weighted by molar-refractivity contribution is 5.92. The molecule has 0 bridgehead atoms. The molecule has 1 saturated heterocycles. The van der Waals surface area contributed by atoms with Gasteiger partial charge >= 0.3 is 0 Å². The van der Waals surface area contributed by atoms with E-state index in [2.05, 4.69) is 6.07 Å². The molecule has 1 aromatic rings. The van der Waals surface area contributed by atoms with Crippen LogP contribution in [0.4, 0.5) is 0 Å². The van der Waals surface area contributed by atoms with Gasteiger partial charge in [-0.1, -0.05) is 12.1 Å². The highest BCUT2D eigenvalue weighted by Crippen LogP contribution is 2.27. The first kappa shape index (κ1) is 15.3. The van der Waals surface area contributed by atoms with Crippen LogP contribution >= 0.6 is 0 Å². The summed E-state index contributed by atoms with van der Waals surface area (Å²) in [4.78, 5) is 14.0. The van der Waals surface area contributed by atoms with Gasteiger partial charge in [0.1, 0.15) is 0 Å². The van der Waals surface area contributed by atoms with Gasteiger partial charge in [0.2, 0.25) is 5.91 Å². The molecule has 0 spiro atoms.